The van der Waals surface area contributed by atoms with Crippen LogP contribution in [0.4, 0.5) is 0 Å². The van der Waals surface area contributed by atoms with Crippen LogP contribution in [0.15, 0.2) is 6.20 Å². The van der Waals surface area contributed by atoms with Crippen molar-refractivity contribution in [3.63, 3.8) is 0 Å². The summed E-state index contributed by atoms with van der Waals surface area (Å²) in [6, 6.07) is 0. The molecule has 4 N–H and O–H groups in total. The molecule has 1 heterocycles. The molecule has 0 amide bonds. The lowest BCUT2D eigenvalue weighted by Gasteiger charge is -1.90. The number of rotatable bonds is 3. The summed E-state index contributed by atoms with van der Waals surface area (Å²) in [5.41, 5.74) is 5.32. The van der Waals surface area contributed by atoms with Gasteiger partial charge in [-0.15, -0.1) is 11.3 Å². The molecule has 0 aliphatic carbocycles. The van der Waals surface area contributed by atoms with Gasteiger partial charge in [0, 0.05) is 17.6 Å². The van der Waals surface area contributed by atoms with E-state index in [9.17, 15) is 8.42 Å². The van der Waals surface area contributed by atoms with E-state index < -0.39 is 10.0 Å². The quantitative estimate of drug-likeness (QED) is 0.690. The average molecular weight is 207 g/mol. The zero-order valence-electron chi connectivity index (χ0n) is 6.23. The van der Waals surface area contributed by atoms with E-state index in [-0.39, 0.29) is 5.75 Å². The Labute approximate surface area is 74.5 Å². The van der Waals surface area contributed by atoms with Gasteiger partial charge in [-0.25, -0.2) is 18.5 Å². The van der Waals surface area contributed by atoms with Crippen LogP contribution in [-0.2, 0) is 22.3 Å². The summed E-state index contributed by atoms with van der Waals surface area (Å²) in [5.74, 6) is -0.211. The Kier molecular flexibility index (Phi) is 2.78. The lowest BCUT2D eigenvalue weighted by molar-refractivity contribution is 0.597. The number of hydrogen-bond donors (Lipinski definition) is 2. The fraction of sp³-hybridized carbons (Fsp3) is 0.400. The molecule has 0 aliphatic heterocycles. The third-order valence-corrected chi connectivity index (χ3v) is 3.01. The van der Waals surface area contributed by atoms with Crippen LogP contribution < -0.4 is 10.9 Å². The van der Waals surface area contributed by atoms with Gasteiger partial charge in [0.2, 0.25) is 10.0 Å². The summed E-state index contributed by atoms with van der Waals surface area (Å²) < 4.78 is 21.2. The van der Waals surface area contributed by atoms with Crippen LogP contribution in [0.25, 0.3) is 0 Å². The van der Waals surface area contributed by atoms with E-state index in [4.69, 9.17) is 10.9 Å². The second-order valence-corrected chi connectivity index (χ2v) is 5.05. The number of aromatic nitrogens is 1. The monoisotopic (exact) mass is 207 g/mol. The van der Waals surface area contributed by atoms with Crippen molar-refractivity contribution in [3.8, 4) is 0 Å². The number of nitrogens with zero attached hydrogens (tertiary/aromatic N) is 1. The standard InChI is InChI=1S/C5H9N3O2S2/c6-1-4-2-8-5(11-4)3-12(7,9)10/h2H,1,3,6H2,(H2,7,9,10). The smallest absolute Gasteiger partial charge is 0.215 e. The minimum Gasteiger partial charge on any atom is -0.326 e. The van der Waals surface area contributed by atoms with Crippen LogP contribution in [0.2, 0.25) is 0 Å². The molecule has 0 spiro atoms. The zero-order chi connectivity index (χ0) is 9.19. The van der Waals surface area contributed by atoms with Gasteiger partial charge in [0.05, 0.1) is 0 Å². The molecule has 5 nitrogen and oxygen atoms in total. The van der Waals surface area contributed by atoms with E-state index in [0.29, 0.717) is 11.6 Å². The SMILES string of the molecule is NCc1cnc(CS(N)(=O)=O)s1. The Bertz CT molecular complexity index is 357. The van der Waals surface area contributed by atoms with Gasteiger partial charge < -0.3 is 5.73 Å². The predicted molar refractivity (Wildman–Crippen MR) is 46.8 cm³/mol. The second kappa shape index (κ2) is 3.48. The van der Waals surface area contributed by atoms with Crippen LogP contribution in [0.3, 0.4) is 0 Å². The van der Waals surface area contributed by atoms with Crippen LogP contribution in [0.5, 0.6) is 0 Å². The van der Waals surface area contributed by atoms with E-state index in [2.05, 4.69) is 4.98 Å². The van der Waals surface area contributed by atoms with Gasteiger partial charge in [0.15, 0.2) is 0 Å². The molecule has 0 unspecified atom stereocenters. The van der Waals surface area contributed by atoms with E-state index in [1.807, 2.05) is 0 Å². The molecule has 12 heavy (non-hydrogen) atoms. The molecule has 0 fully saturated rings. The van der Waals surface area contributed by atoms with Crippen LogP contribution in [0.1, 0.15) is 9.88 Å². The van der Waals surface area contributed by atoms with Gasteiger partial charge in [-0.3, -0.25) is 0 Å². The highest BCUT2D eigenvalue weighted by atomic mass is 32.2. The van der Waals surface area contributed by atoms with E-state index in [0.717, 1.165) is 4.88 Å². The minimum absolute atomic E-state index is 0.211. The molecule has 0 radical (unpaired) electrons. The summed E-state index contributed by atoms with van der Waals surface area (Å²) in [6.07, 6.45) is 1.56. The lowest BCUT2D eigenvalue weighted by Crippen LogP contribution is -2.14. The molecule has 0 saturated carbocycles. The number of primary sulfonamides is 1. The van der Waals surface area contributed by atoms with E-state index in [1.165, 1.54) is 11.3 Å². The first-order valence-corrected chi connectivity index (χ1v) is 5.68. The maximum Gasteiger partial charge on any atom is 0.215 e. The van der Waals surface area contributed by atoms with Crippen molar-refractivity contribution in [2.45, 2.75) is 12.3 Å². The molecule has 1 aromatic heterocycles. The molecule has 7 heteroatoms. The molecular formula is C5H9N3O2S2. The highest BCUT2D eigenvalue weighted by Gasteiger charge is 2.08. The topological polar surface area (TPSA) is 99.1 Å². The van der Waals surface area contributed by atoms with Gasteiger partial charge in [-0.2, -0.15) is 0 Å². The van der Waals surface area contributed by atoms with Gasteiger partial charge in [0.25, 0.3) is 0 Å². The highest BCUT2D eigenvalue weighted by molar-refractivity contribution is 7.88. The number of thiazole rings is 1. The Hall–Kier alpha value is -0.500. The molecular weight excluding hydrogens is 198 g/mol. The predicted octanol–water partition coefficient (Wildman–Crippen LogP) is -0.610. The summed E-state index contributed by atoms with van der Waals surface area (Å²) in [5, 5.41) is 5.31. The van der Waals surface area contributed by atoms with Crippen molar-refractivity contribution in [2.24, 2.45) is 10.9 Å². The van der Waals surface area contributed by atoms with Gasteiger partial charge >= 0.3 is 0 Å². The Morgan fingerprint density at radius 3 is 2.67 bits per heavy atom. The van der Waals surface area contributed by atoms with Crippen LogP contribution in [-0.4, -0.2) is 13.4 Å². The molecule has 0 bridgehead atoms. The van der Waals surface area contributed by atoms with E-state index >= 15 is 0 Å². The zero-order valence-corrected chi connectivity index (χ0v) is 7.86. The summed E-state index contributed by atoms with van der Waals surface area (Å²) in [7, 11) is -3.46. The van der Waals surface area contributed by atoms with Gasteiger partial charge in [-0.1, -0.05) is 0 Å². The normalized spacial score (nSPS) is 11.8. The van der Waals surface area contributed by atoms with Crippen molar-refractivity contribution >= 4 is 21.4 Å². The van der Waals surface area contributed by atoms with Crippen molar-refractivity contribution in [1.82, 2.24) is 4.98 Å². The number of hydrogen-bond acceptors (Lipinski definition) is 5. The maximum absolute atomic E-state index is 10.6. The first-order valence-electron chi connectivity index (χ1n) is 3.15. The molecule has 0 atom stereocenters. The molecule has 1 rings (SSSR count). The van der Waals surface area contributed by atoms with Crippen molar-refractivity contribution in [2.75, 3.05) is 0 Å². The second-order valence-electron chi connectivity index (χ2n) is 2.23. The Morgan fingerprint density at radius 2 is 2.25 bits per heavy atom. The Balaban J connectivity index is 2.78. The molecule has 0 aromatic carbocycles. The lowest BCUT2D eigenvalue weighted by atomic mass is 10.6. The van der Waals surface area contributed by atoms with Crippen LogP contribution in [0, 0.1) is 0 Å². The van der Waals surface area contributed by atoms with E-state index in [1.54, 1.807) is 6.20 Å². The number of nitrogens with two attached hydrogens (primary N) is 2. The fourth-order valence-corrected chi connectivity index (χ4v) is 2.43. The average Bonchev–Trinajstić information content (AvgIpc) is 2.32. The summed E-state index contributed by atoms with van der Waals surface area (Å²) in [4.78, 5) is 4.71. The van der Waals surface area contributed by atoms with Crippen LogP contribution >= 0.6 is 11.3 Å². The van der Waals surface area contributed by atoms with Gasteiger partial charge in [-0.05, 0) is 0 Å². The van der Waals surface area contributed by atoms with Crippen molar-refractivity contribution < 1.29 is 8.42 Å². The third kappa shape index (κ3) is 2.86. The minimum atomic E-state index is -3.46. The number of sulfonamides is 1. The summed E-state index contributed by atoms with van der Waals surface area (Å²) >= 11 is 1.26. The highest BCUT2D eigenvalue weighted by Crippen LogP contribution is 2.13. The molecule has 1 aromatic rings. The summed E-state index contributed by atoms with van der Waals surface area (Å²) in [6.45, 7) is 0.377. The molecule has 68 valence electrons. The van der Waals surface area contributed by atoms with Crippen molar-refractivity contribution in [1.29, 1.82) is 0 Å². The van der Waals surface area contributed by atoms with Crippen molar-refractivity contribution in [3.05, 3.63) is 16.1 Å². The molecule has 0 aliphatic rings. The molecule has 0 saturated heterocycles. The van der Waals surface area contributed by atoms with Gasteiger partial charge in [0.1, 0.15) is 10.8 Å². The first kappa shape index (κ1) is 9.59. The largest absolute Gasteiger partial charge is 0.326 e. The maximum atomic E-state index is 10.6. The fourth-order valence-electron chi connectivity index (χ4n) is 0.681. The Morgan fingerprint density at radius 1 is 1.58 bits per heavy atom. The third-order valence-electron chi connectivity index (χ3n) is 1.13. The first-order chi connectivity index (χ1) is 5.51.